The van der Waals surface area contributed by atoms with Crippen LogP contribution in [-0.2, 0) is 22.1 Å². The number of hydrogen-bond donors (Lipinski definition) is 1. The van der Waals surface area contributed by atoms with Gasteiger partial charge < -0.3 is 10.5 Å². The minimum absolute atomic E-state index is 0.246. The fourth-order valence-electron chi connectivity index (χ4n) is 1.28. The van der Waals surface area contributed by atoms with Crippen LogP contribution in [-0.4, -0.2) is 21.4 Å². The normalized spacial score (nSPS) is 13.7. The van der Waals surface area contributed by atoms with E-state index in [9.17, 15) is 4.21 Å². The van der Waals surface area contributed by atoms with E-state index in [0.29, 0.717) is 12.4 Å². The Kier molecular flexibility index (Phi) is 5.12. The van der Waals surface area contributed by atoms with Crippen molar-refractivity contribution < 1.29 is 8.95 Å². The van der Waals surface area contributed by atoms with E-state index in [-0.39, 0.29) is 5.94 Å². The van der Waals surface area contributed by atoms with Gasteiger partial charge in [-0.2, -0.15) is 0 Å². The number of rotatable bonds is 6. The summed E-state index contributed by atoms with van der Waals surface area (Å²) in [7, 11) is -1.01. The first-order valence-corrected chi connectivity index (χ1v) is 6.72. The molecule has 16 heavy (non-hydrogen) atoms. The molecule has 0 radical (unpaired) electrons. The van der Waals surface area contributed by atoms with E-state index in [0.717, 1.165) is 5.56 Å². The summed E-state index contributed by atoms with van der Waals surface area (Å²) >= 11 is 0. The minimum Gasteiger partial charge on any atom is -0.364 e. The number of nitrogens with two attached hydrogens (primary N) is 1. The Morgan fingerprint density at radius 3 is 2.50 bits per heavy atom. The predicted molar refractivity (Wildman–Crippen MR) is 67.4 cm³/mol. The molecule has 0 amide bonds. The summed E-state index contributed by atoms with van der Waals surface area (Å²) in [5.74, 6) is 0.706. The first kappa shape index (κ1) is 13.4. The lowest BCUT2D eigenvalue weighted by Gasteiger charge is -2.17. The van der Waals surface area contributed by atoms with Crippen LogP contribution in [0.1, 0.15) is 19.4 Å². The van der Waals surface area contributed by atoms with Crippen molar-refractivity contribution in [3.63, 3.8) is 0 Å². The number of benzene rings is 1. The summed E-state index contributed by atoms with van der Waals surface area (Å²) in [6.07, 6.45) is 0. The van der Waals surface area contributed by atoms with Crippen molar-refractivity contribution in [1.29, 1.82) is 0 Å². The van der Waals surface area contributed by atoms with Gasteiger partial charge in [0.15, 0.2) is 0 Å². The van der Waals surface area contributed by atoms with E-state index < -0.39 is 16.3 Å². The van der Waals surface area contributed by atoms with Crippen molar-refractivity contribution in [3.8, 4) is 0 Å². The zero-order chi connectivity index (χ0) is 12.0. The second-order valence-corrected chi connectivity index (χ2v) is 5.93. The van der Waals surface area contributed by atoms with Crippen LogP contribution in [0.15, 0.2) is 30.3 Å². The molecule has 1 rings (SSSR count). The lowest BCUT2D eigenvalue weighted by Crippen LogP contribution is -2.38. The van der Waals surface area contributed by atoms with Crippen LogP contribution < -0.4 is 5.73 Å². The van der Waals surface area contributed by atoms with E-state index in [4.69, 9.17) is 10.5 Å². The molecule has 1 aromatic carbocycles. The van der Waals surface area contributed by atoms with Gasteiger partial charge in [0.05, 0.1) is 6.61 Å². The average Bonchev–Trinajstić information content (AvgIpc) is 2.16. The summed E-state index contributed by atoms with van der Waals surface area (Å²) in [5.41, 5.74) is 6.46. The van der Waals surface area contributed by atoms with Gasteiger partial charge in [0.1, 0.15) is 5.94 Å². The van der Waals surface area contributed by atoms with Crippen LogP contribution in [0.4, 0.5) is 0 Å². The SMILES string of the molecule is CC(C)(N)CS(=O)COCc1ccccc1. The van der Waals surface area contributed by atoms with Crippen molar-refractivity contribution in [2.45, 2.75) is 26.0 Å². The maximum atomic E-state index is 11.6. The van der Waals surface area contributed by atoms with Gasteiger partial charge in [-0.1, -0.05) is 30.3 Å². The number of ether oxygens (including phenoxy) is 1. The average molecular weight is 241 g/mol. The number of hydrogen-bond acceptors (Lipinski definition) is 3. The minimum atomic E-state index is -1.01. The van der Waals surface area contributed by atoms with Gasteiger partial charge in [0.25, 0.3) is 0 Å². The zero-order valence-corrected chi connectivity index (χ0v) is 10.6. The van der Waals surface area contributed by atoms with Crippen molar-refractivity contribution in [2.75, 3.05) is 11.7 Å². The van der Waals surface area contributed by atoms with Crippen LogP contribution in [0.5, 0.6) is 0 Å². The molecule has 0 aromatic heterocycles. The van der Waals surface area contributed by atoms with Gasteiger partial charge in [-0.25, -0.2) is 0 Å². The molecular formula is C12H19NO2S. The molecule has 0 aliphatic heterocycles. The molecule has 0 aliphatic rings. The van der Waals surface area contributed by atoms with E-state index in [1.165, 1.54) is 0 Å². The van der Waals surface area contributed by atoms with Gasteiger partial charge in [0.2, 0.25) is 0 Å². The zero-order valence-electron chi connectivity index (χ0n) is 9.81. The summed E-state index contributed by atoms with van der Waals surface area (Å²) in [5, 5.41) is 0. The summed E-state index contributed by atoms with van der Waals surface area (Å²) < 4.78 is 16.9. The van der Waals surface area contributed by atoms with Crippen molar-refractivity contribution in [2.24, 2.45) is 5.73 Å². The molecule has 4 heteroatoms. The maximum Gasteiger partial charge on any atom is 0.122 e. The fourth-order valence-corrected chi connectivity index (χ4v) is 2.47. The highest BCUT2D eigenvalue weighted by atomic mass is 32.2. The summed E-state index contributed by atoms with van der Waals surface area (Å²) in [6, 6.07) is 9.83. The van der Waals surface area contributed by atoms with E-state index in [2.05, 4.69) is 0 Å². The fraction of sp³-hybridized carbons (Fsp3) is 0.500. The van der Waals surface area contributed by atoms with E-state index in [1.807, 2.05) is 44.2 Å². The predicted octanol–water partition coefficient (Wildman–Crippen LogP) is 1.65. The topological polar surface area (TPSA) is 52.3 Å². The monoisotopic (exact) mass is 241 g/mol. The molecule has 1 unspecified atom stereocenters. The molecule has 0 fully saturated rings. The van der Waals surface area contributed by atoms with Crippen LogP contribution in [0.25, 0.3) is 0 Å². The molecule has 1 atom stereocenters. The Bertz CT molecular complexity index is 333. The van der Waals surface area contributed by atoms with Crippen LogP contribution in [0.2, 0.25) is 0 Å². The summed E-state index contributed by atoms with van der Waals surface area (Å²) in [6.45, 7) is 4.22. The van der Waals surface area contributed by atoms with Crippen LogP contribution in [0, 0.1) is 0 Å². The lowest BCUT2D eigenvalue weighted by molar-refractivity contribution is 0.166. The highest BCUT2D eigenvalue weighted by molar-refractivity contribution is 7.84. The largest absolute Gasteiger partial charge is 0.364 e. The van der Waals surface area contributed by atoms with Crippen LogP contribution >= 0.6 is 0 Å². The van der Waals surface area contributed by atoms with Crippen LogP contribution in [0.3, 0.4) is 0 Å². The maximum absolute atomic E-state index is 11.6. The first-order chi connectivity index (χ1) is 7.47. The molecule has 0 saturated heterocycles. The Hall–Kier alpha value is -0.710. The molecule has 90 valence electrons. The Balaban J connectivity index is 2.24. The molecule has 2 N–H and O–H groups in total. The van der Waals surface area contributed by atoms with E-state index in [1.54, 1.807) is 0 Å². The second kappa shape index (κ2) is 6.13. The van der Waals surface area contributed by atoms with E-state index >= 15 is 0 Å². The first-order valence-electron chi connectivity index (χ1n) is 5.23. The standard InChI is InChI=1S/C12H19NO2S/c1-12(2,13)9-16(14)10-15-8-11-6-4-3-5-7-11/h3-7H,8-10,13H2,1-2H3. The smallest absolute Gasteiger partial charge is 0.122 e. The highest BCUT2D eigenvalue weighted by Gasteiger charge is 2.14. The van der Waals surface area contributed by atoms with Gasteiger partial charge in [-0.05, 0) is 19.4 Å². The lowest BCUT2D eigenvalue weighted by atomic mass is 10.1. The summed E-state index contributed by atoms with van der Waals surface area (Å²) in [4.78, 5) is 0. The Morgan fingerprint density at radius 2 is 1.94 bits per heavy atom. The second-order valence-electron chi connectivity index (χ2n) is 4.52. The molecule has 0 spiro atoms. The third-order valence-corrected chi connectivity index (χ3v) is 3.35. The third-order valence-electron chi connectivity index (χ3n) is 1.86. The van der Waals surface area contributed by atoms with Crippen molar-refractivity contribution in [3.05, 3.63) is 35.9 Å². The van der Waals surface area contributed by atoms with Gasteiger partial charge in [-0.15, -0.1) is 0 Å². The molecule has 0 heterocycles. The molecule has 0 saturated carbocycles. The molecule has 3 nitrogen and oxygen atoms in total. The Morgan fingerprint density at radius 1 is 1.31 bits per heavy atom. The van der Waals surface area contributed by atoms with Crippen molar-refractivity contribution >= 4 is 10.8 Å². The molecule has 0 aliphatic carbocycles. The Labute approximate surface area is 99.4 Å². The quantitative estimate of drug-likeness (QED) is 0.824. The highest BCUT2D eigenvalue weighted by Crippen LogP contribution is 2.03. The van der Waals surface area contributed by atoms with Gasteiger partial charge >= 0.3 is 0 Å². The molecule has 1 aromatic rings. The van der Waals surface area contributed by atoms with Crippen molar-refractivity contribution in [1.82, 2.24) is 0 Å². The third kappa shape index (κ3) is 6.00. The molecular weight excluding hydrogens is 222 g/mol. The molecule has 0 bridgehead atoms. The van der Waals surface area contributed by atoms with Gasteiger partial charge in [-0.3, -0.25) is 4.21 Å². The van der Waals surface area contributed by atoms with Gasteiger partial charge in [0, 0.05) is 22.1 Å².